The Kier molecular flexibility index (Phi) is 28.0. The van der Waals surface area contributed by atoms with Gasteiger partial charge in [0.2, 0.25) is 23.5 Å². The lowest BCUT2D eigenvalue weighted by Crippen LogP contribution is -2.30. The number of carbonyl (C=O) groups is 2. The first-order chi connectivity index (χ1) is 27.4. The lowest BCUT2D eigenvalue weighted by atomic mass is 10.1. The summed E-state index contributed by atoms with van der Waals surface area (Å²) < 4.78 is 50.0. The highest BCUT2D eigenvalue weighted by Gasteiger charge is 2.16. The molecule has 0 atom stereocenters. The standard InChI is InChI=1S/C38H63ClN6O11/c1-48-32-27-30(26-31-29-44-38(41)45-37(31)40)28-33(49-2)36(32)56-14-7-11-42-34(46)8-9-35(47)43-12-15-51-17-19-53-21-23-55-25-24-54-22-20-52-18-16-50-13-6-4-3-5-10-39/h27-29H,3-26H2,1-2H3,(H,42,46)(H,43,47)(H4,40,41,44,45). The lowest BCUT2D eigenvalue weighted by Gasteiger charge is -2.16. The van der Waals surface area contributed by atoms with Gasteiger partial charge in [-0.2, -0.15) is 4.98 Å². The zero-order chi connectivity index (χ0) is 40.5. The van der Waals surface area contributed by atoms with Crippen molar-refractivity contribution in [1.82, 2.24) is 20.6 Å². The third kappa shape index (κ3) is 23.4. The molecule has 0 saturated heterocycles. The highest BCUT2D eigenvalue weighted by atomic mass is 35.5. The maximum absolute atomic E-state index is 12.2. The van der Waals surface area contributed by atoms with Crippen molar-refractivity contribution in [2.45, 2.75) is 51.4 Å². The molecule has 0 aliphatic heterocycles. The van der Waals surface area contributed by atoms with Gasteiger partial charge in [0.15, 0.2) is 11.5 Å². The number of halogens is 1. The summed E-state index contributed by atoms with van der Waals surface area (Å²) in [5.74, 6) is 2.10. The molecule has 2 aromatic rings. The van der Waals surface area contributed by atoms with Crippen molar-refractivity contribution in [3.05, 3.63) is 29.5 Å². The van der Waals surface area contributed by atoms with Gasteiger partial charge in [-0.1, -0.05) is 12.8 Å². The number of anilines is 2. The number of benzene rings is 1. The van der Waals surface area contributed by atoms with Crippen molar-refractivity contribution >= 4 is 35.2 Å². The van der Waals surface area contributed by atoms with E-state index in [2.05, 4.69) is 20.6 Å². The van der Waals surface area contributed by atoms with E-state index in [-0.39, 0.29) is 30.6 Å². The molecule has 17 nitrogen and oxygen atoms in total. The Balaban J connectivity index is 1.38. The molecule has 0 aliphatic rings. The van der Waals surface area contributed by atoms with Gasteiger partial charge in [-0.15, -0.1) is 11.6 Å². The van der Waals surface area contributed by atoms with Crippen LogP contribution in [0.25, 0.3) is 0 Å². The second-order valence-electron chi connectivity index (χ2n) is 12.3. The highest BCUT2D eigenvalue weighted by molar-refractivity contribution is 6.17. The SMILES string of the molecule is COc1cc(Cc2cnc(N)nc2N)cc(OC)c1OCCCNC(=O)CCC(=O)NCCOCCOCCOCCOCCOCCOCCCCCCCl. The number of nitrogens with zero attached hydrogens (tertiary/aromatic N) is 2. The van der Waals surface area contributed by atoms with Gasteiger partial charge in [-0.3, -0.25) is 9.59 Å². The second-order valence-corrected chi connectivity index (χ2v) is 12.7. The van der Waals surface area contributed by atoms with Crippen molar-refractivity contribution in [1.29, 1.82) is 0 Å². The first kappa shape index (κ1) is 48.4. The lowest BCUT2D eigenvalue weighted by molar-refractivity contribution is -0.126. The Morgan fingerprint density at radius 2 is 1.14 bits per heavy atom. The van der Waals surface area contributed by atoms with E-state index in [4.69, 9.17) is 65.7 Å². The Morgan fingerprint density at radius 1 is 0.643 bits per heavy atom. The van der Waals surface area contributed by atoms with E-state index in [1.807, 2.05) is 12.1 Å². The molecule has 0 bridgehead atoms. The number of methoxy groups -OCH3 is 2. The number of amides is 2. The first-order valence-electron chi connectivity index (χ1n) is 19.2. The molecular formula is C38H63ClN6O11. The molecule has 0 radical (unpaired) electrons. The number of nitrogens with one attached hydrogen (secondary N) is 2. The van der Waals surface area contributed by atoms with Gasteiger partial charge < -0.3 is 64.7 Å². The van der Waals surface area contributed by atoms with Crippen LogP contribution in [0.15, 0.2) is 18.3 Å². The first-order valence-corrected chi connectivity index (χ1v) is 19.7. The summed E-state index contributed by atoms with van der Waals surface area (Å²) in [5, 5.41) is 5.55. The van der Waals surface area contributed by atoms with Crippen molar-refractivity contribution in [3.63, 3.8) is 0 Å². The predicted octanol–water partition coefficient (Wildman–Crippen LogP) is 2.93. The van der Waals surface area contributed by atoms with Crippen LogP contribution in [-0.4, -0.2) is 141 Å². The van der Waals surface area contributed by atoms with Crippen LogP contribution in [0.4, 0.5) is 11.8 Å². The van der Waals surface area contributed by atoms with Crippen LogP contribution in [0.5, 0.6) is 17.2 Å². The summed E-state index contributed by atoms with van der Waals surface area (Å²) in [6.07, 6.45) is 7.13. The Morgan fingerprint density at radius 3 is 1.66 bits per heavy atom. The monoisotopic (exact) mass is 814 g/mol. The molecule has 0 aliphatic carbocycles. The number of hydrogen-bond acceptors (Lipinski definition) is 15. The summed E-state index contributed by atoms with van der Waals surface area (Å²) in [4.78, 5) is 32.4. The summed E-state index contributed by atoms with van der Waals surface area (Å²) in [5.41, 5.74) is 13.1. The molecule has 1 aromatic carbocycles. The molecular weight excluding hydrogens is 752 g/mol. The van der Waals surface area contributed by atoms with Gasteiger partial charge in [-0.05, 0) is 37.0 Å². The largest absolute Gasteiger partial charge is 0.493 e. The summed E-state index contributed by atoms with van der Waals surface area (Å²) in [6.45, 7) is 6.99. The van der Waals surface area contributed by atoms with E-state index < -0.39 is 0 Å². The average Bonchev–Trinajstić information content (AvgIpc) is 3.19. The number of nitrogen functional groups attached to an aromatic ring is 2. The van der Waals surface area contributed by atoms with Crippen LogP contribution >= 0.6 is 11.6 Å². The third-order valence-electron chi connectivity index (χ3n) is 7.90. The molecule has 318 valence electrons. The molecule has 18 heteroatoms. The van der Waals surface area contributed by atoms with Gasteiger partial charge in [0.05, 0.1) is 93.5 Å². The van der Waals surface area contributed by atoms with Gasteiger partial charge in [0.1, 0.15) is 5.82 Å². The molecule has 0 fully saturated rings. The van der Waals surface area contributed by atoms with Crippen LogP contribution in [0, 0.1) is 0 Å². The zero-order valence-electron chi connectivity index (χ0n) is 33.1. The van der Waals surface area contributed by atoms with Gasteiger partial charge in [0.25, 0.3) is 0 Å². The topological polar surface area (TPSA) is 219 Å². The minimum Gasteiger partial charge on any atom is -0.493 e. The molecule has 2 amide bonds. The van der Waals surface area contributed by atoms with E-state index in [1.165, 1.54) is 14.2 Å². The highest BCUT2D eigenvalue weighted by Crippen LogP contribution is 2.39. The van der Waals surface area contributed by atoms with Crippen molar-refractivity contribution in [3.8, 4) is 17.2 Å². The van der Waals surface area contributed by atoms with Gasteiger partial charge >= 0.3 is 0 Å². The number of hydrogen-bond donors (Lipinski definition) is 4. The zero-order valence-corrected chi connectivity index (χ0v) is 33.9. The fourth-order valence-corrected chi connectivity index (χ4v) is 5.15. The maximum Gasteiger partial charge on any atom is 0.221 e. The molecule has 56 heavy (non-hydrogen) atoms. The van der Waals surface area contributed by atoms with E-state index >= 15 is 0 Å². The van der Waals surface area contributed by atoms with Gasteiger partial charge in [-0.25, -0.2) is 4.98 Å². The van der Waals surface area contributed by atoms with E-state index in [9.17, 15) is 9.59 Å². The second kappa shape index (κ2) is 32.4. The molecule has 0 saturated carbocycles. The van der Waals surface area contributed by atoms with Crippen LogP contribution in [0.2, 0.25) is 0 Å². The van der Waals surface area contributed by atoms with Crippen molar-refractivity contribution < 1.29 is 52.2 Å². The molecule has 6 N–H and O–H groups in total. The Hall–Kier alpha value is -3.71. The van der Waals surface area contributed by atoms with Crippen molar-refractivity contribution in [2.24, 2.45) is 0 Å². The predicted molar refractivity (Wildman–Crippen MR) is 213 cm³/mol. The molecule has 1 heterocycles. The number of aromatic nitrogens is 2. The fourth-order valence-electron chi connectivity index (χ4n) is 4.96. The average molecular weight is 815 g/mol. The number of ether oxygens (including phenoxy) is 9. The number of unbranched alkanes of at least 4 members (excludes halogenated alkanes) is 3. The van der Waals surface area contributed by atoms with E-state index in [0.29, 0.717) is 134 Å². The summed E-state index contributed by atoms with van der Waals surface area (Å²) >= 11 is 5.66. The maximum atomic E-state index is 12.2. The summed E-state index contributed by atoms with van der Waals surface area (Å²) in [7, 11) is 3.08. The molecule has 2 rings (SSSR count). The Bertz CT molecular complexity index is 1320. The number of carbonyl (C=O) groups excluding carboxylic acids is 2. The van der Waals surface area contributed by atoms with Crippen LogP contribution < -0.4 is 36.3 Å². The minimum atomic E-state index is -0.225. The van der Waals surface area contributed by atoms with Crippen LogP contribution in [-0.2, 0) is 44.4 Å². The van der Waals surface area contributed by atoms with Crippen LogP contribution in [0.3, 0.4) is 0 Å². The number of nitrogens with two attached hydrogens (primary N) is 2. The molecule has 1 aromatic heterocycles. The minimum absolute atomic E-state index is 0.0728. The Labute approximate surface area is 336 Å². The molecule has 0 spiro atoms. The van der Waals surface area contributed by atoms with Crippen molar-refractivity contribution in [2.75, 3.05) is 131 Å². The van der Waals surface area contributed by atoms with E-state index in [1.54, 1.807) is 6.20 Å². The normalized spacial score (nSPS) is 11.1. The third-order valence-corrected chi connectivity index (χ3v) is 8.17. The number of rotatable bonds is 36. The summed E-state index contributed by atoms with van der Waals surface area (Å²) in [6, 6.07) is 3.65. The van der Waals surface area contributed by atoms with Crippen LogP contribution in [0.1, 0.15) is 56.1 Å². The number of alkyl halides is 1. The van der Waals surface area contributed by atoms with Gasteiger partial charge in [0, 0.05) is 56.6 Å². The van der Waals surface area contributed by atoms with E-state index in [0.717, 1.165) is 43.7 Å². The molecule has 0 unspecified atom stereocenters. The smallest absolute Gasteiger partial charge is 0.221 e. The quantitative estimate of drug-likeness (QED) is 0.0574. The fraction of sp³-hybridized carbons (Fsp3) is 0.684.